The number of methoxy groups -OCH3 is 1. The zero-order valence-corrected chi connectivity index (χ0v) is 19.1. The Bertz CT molecular complexity index is 1400. The molecular weight excluding hydrogens is 457 g/mol. The van der Waals surface area contributed by atoms with E-state index >= 15 is 0 Å². The van der Waals surface area contributed by atoms with Crippen molar-refractivity contribution in [1.82, 2.24) is 0 Å². The Hall–Kier alpha value is -4.37. The van der Waals surface area contributed by atoms with Gasteiger partial charge in [0.25, 0.3) is 0 Å². The van der Waals surface area contributed by atoms with Crippen molar-refractivity contribution in [2.45, 2.75) is 19.4 Å². The van der Waals surface area contributed by atoms with Gasteiger partial charge in [0.05, 0.1) is 12.7 Å². The third-order valence-corrected chi connectivity index (χ3v) is 5.23. The molecule has 8 nitrogen and oxygen atoms in total. The normalized spacial score (nSPS) is 11.3. The molecule has 0 saturated heterocycles. The van der Waals surface area contributed by atoms with Crippen molar-refractivity contribution in [3.05, 3.63) is 77.6 Å². The molecule has 0 aliphatic rings. The van der Waals surface area contributed by atoms with Crippen molar-refractivity contribution in [1.29, 1.82) is 0 Å². The summed E-state index contributed by atoms with van der Waals surface area (Å²) in [5.74, 6) is -0.0418. The lowest BCUT2D eigenvalue weighted by Gasteiger charge is -2.20. The van der Waals surface area contributed by atoms with Crippen LogP contribution in [0.3, 0.4) is 0 Å². The molecule has 0 saturated carbocycles. The molecule has 1 amide bonds. The number of furan rings is 1. The second-order valence-corrected chi connectivity index (χ2v) is 8.20. The van der Waals surface area contributed by atoms with Crippen LogP contribution in [0.1, 0.15) is 29.8 Å². The van der Waals surface area contributed by atoms with Crippen LogP contribution < -0.4 is 15.2 Å². The molecule has 1 heterocycles. The number of amides is 1. The van der Waals surface area contributed by atoms with Gasteiger partial charge in [-0.15, -0.1) is 0 Å². The monoisotopic (exact) mass is 479 g/mol. The average Bonchev–Trinajstić information content (AvgIpc) is 3.18. The minimum atomic E-state index is -1.27. The Labute approximate surface area is 199 Å². The SMILES string of the molecule is COc1cc2c(C(=O)OC(N)=O)c(-c3ccc(Oc4ccc(F)cc4)cc3)oc2cc1C(C)(C)O. The average molecular weight is 479 g/mol. The van der Waals surface area contributed by atoms with Gasteiger partial charge in [0.15, 0.2) is 0 Å². The van der Waals surface area contributed by atoms with Crippen LogP contribution in [0.2, 0.25) is 0 Å². The van der Waals surface area contributed by atoms with Crippen molar-refractivity contribution < 1.29 is 37.7 Å². The first-order valence-electron chi connectivity index (χ1n) is 10.5. The van der Waals surface area contributed by atoms with Gasteiger partial charge in [0, 0.05) is 16.5 Å². The fourth-order valence-corrected chi connectivity index (χ4v) is 3.63. The number of hydrogen-bond acceptors (Lipinski definition) is 7. The summed E-state index contributed by atoms with van der Waals surface area (Å²) in [6.07, 6.45) is -1.27. The van der Waals surface area contributed by atoms with Crippen molar-refractivity contribution >= 4 is 23.0 Å². The number of esters is 1. The van der Waals surface area contributed by atoms with Crippen LogP contribution in [0.4, 0.5) is 9.18 Å². The van der Waals surface area contributed by atoms with E-state index in [9.17, 15) is 19.1 Å². The highest BCUT2D eigenvalue weighted by Gasteiger charge is 2.29. The van der Waals surface area contributed by atoms with E-state index in [0.717, 1.165) is 0 Å². The molecule has 0 radical (unpaired) electrons. The van der Waals surface area contributed by atoms with Crippen LogP contribution >= 0.6 is 0 Å². The maximum absolute atomic E-state index is 13.1. The van der Waals surface area contributed by atoms with E-state index in [4.69, 9.17) is 19.6 Å². The molecule has 0 atom stereocenters. The lowest BCUT2D eigenvalue weighted by Crippen LogP contribution is -2.19. The van der Waals surface area contributed by atoms with Crippen LogP contribution in [-0.4, -0.2) is 24.3 Å². The predicted octanol–water partition coefficient (Wildman–Crippen LogP) is 5.50. The van der Waals surface area contributed by atoms with Gasteiger partial charge < -0.3 is 29.5 Å². The lowest BCUT2D eigenvalue weighted by atomic mass is 9.95. The Morgan fingerprint density at radius 1 is 1.00 bits per heavy atom. The Balaban J connectivity index is 1.81. The first kappa shape index (κ1) is 23.8. The first-order chi connectivity index (χ1) is 16.6. The van der Waals surface area contributed by atoms with Gasteiger partial charge in [0.1, 0.15) is 40.0 Å². The Kier molecular flexibility index (Phi) is 6.19. The van der Waals surface area contributed by atoms with Gasteiger partial charge in [-0.05, 0) is 74.5 Å². The van der Waals surface area contributed by atoms with Crippen molar-refractivity contribution in [2.75, 3.05) is 7.11 Å². The number of aliphatic hydroxyl groups is 1. The van der Waals surface area contributed by atoms with Gasteiger partial charge in [-0.25, -0.2) is 14.0 Å². The molecule has 3 N–H and O–H groups in total. The molecule has 0 fully saturated rings. The highest BCUT2D eigenvalue weighted by Crippen LogP contribution is 2.40. The van der Waals surface area contributed by atoms with Gasteiger partial charge in [-0.1, -0.05) is 0 Å². The topological polar surface area (TPSA) is 121 Å². The number of benzene rings is 3. The van der Waals surface area contributed by atoms with E-state index in [-0.39, 0.29) is 22.7 Å². The molecule has 4 aromatic rings. The molecule has 0 aliphatic heterocycles. The predicted molar refractivity (Wildman–Crippen MR) is 125 cm³/mol. The largest absolute Gasteiger partial charge is 0.496 e. The van der Waals surface area contributed by atoms with E-state index in [1.165, 1.54) is 37.4 Å². The summed E-state index contributed by atoms with van der Waals surface area (Å²) in [6.45, 7) is 3.17. The van der Waals surface area contributed by atoms with E-state index in [0.29, 0.717) is 33.8 Å². The minimum absolute atomic E-state index is 0.0356. The van der Waals surface area contributed by atoms with Crippen LogP contribution in [0.5, 0.6) is 17.2 Å². The number of fused-ring (bicyclic) bond motifs is 1. The third-order valence-electron chi connectivity index (χ3n) is 5.23. The molecule has 0 aliphatic carbocycles. The second kappa shape index (κ2) is 9.11. The number of hydrogen-bond donors (Lipinski definition) is 2. The zero-order valence-electron chi connectivity index (χ0n) is 19.1. The molecule has 3 aromatic carbocycles. The second-order valence-electron chi connectivity index (χ2n) is 8.20. The lowest BCUT2D eigenvalue weighted by molar-refractivity contribution is 0.0640. The molecule has 0 bridgehead atoms. The van der Waals surface area contributed by atoms with Gasteiger partial charge >= 0.3 is 12.1 Å². The quantitative estimate of drug-likeness (QED) is 0.276. The Morgan fingerprint density at radius 2 is 1.60 bits per heavy atom. The van der Waals surface area contributed by atoms with Gasteiger partial charge in [-0.3, -0.25) is 0 Å². The summed E-state index contributed by atoms with van der Waals surface area (Å²) >= 11 is 0. The van der Waals surface area contributed by atoms with Gasteiger partial charge in [-0.2, -0.15) is 0 Å². The molecule has 4 rings (SSSR count). The highest BCUT2D eigenvalue weighted by molar-refractivity contribution is 6.11. The summed E-state index contributed by atoms with van der Waals surface area (Å²) in [7, 11) is 1.43. The minimum Gasteiger partial charge on any atom is -0.496 e. The fourth-order valence-electron chi connectivity index (χ4n) is 3.63. The number of halogens is 1. The first-order valence-corrected chi connectivity index (χ1v) is 10.5. The molecule has 0 spiro atoms. The van der Waals surface area contributed by atoms with Crippen LogP contribution in [0.25, 0.3) is 22.3 Å². The van der Waals surface area contributed by atoms with Crippen LogP contribution in [0, 0.1) is 5.82 Å². The third kappa shape index (κ3) is 4.95. The summed E-state index contributed by atoms with van der Waals surface area (Å²) in [6, 6.07) is 15.2. The number of rotatable bonds is 6. The number of ether oxygens (including phenoxy) is 3. The summed E-state index contributed by atoms with van der Waals surface area (Å²) < 4.78 is 34.9. The zero-order chi connectivity index (χ0) is 25.3. The standard InChI is InChI=1S/C26H22FNO7/c1-26(2,31)19-13-20-18(12-21(19)32-3)22(24(29)35-25(28)30)23(34-20)14-4-8-16(9-5-14)33-17-10-6-15(27)7-11-17/h4-13,31H,1-3H3,(H2,28,30). The Morgan fingerprint density at radius 3 is 2.14 bits per heavy atom. The molecule has 9 heteroatoms. The highest BCUT2D eigenvalue weighted by atomic mass is 19.1. The fraction of sp³-hybridized carbons (Fsp3) is 0.154. The molecule has 35 heavy (non-hydrogen) atoms. The summed E-state index contributed by atoms with van der Waals surface area (Å²) in [5, 5.41) is 10.8. The molecule has 180 valence electrons. The van der Waals surface area contributed by atoms with Crippen LogP contribution in [-0.2, 0) is 10.3 Å². The number of nitrogens with two attached hydrogens (primary N) is 1. The van der Waals surface area contributed by atoms with E-state index < -0.39 is 17.7 Å². The van der Waals surface area contributed by atoms with Crippen molar-refractivity contribution in [2.24, 2.45) is 5.73 Å². The molecule has 1 aromatic heterocycles. The van der Waals surface area contributed by atoms with Crippen molar-refractivity contribution in [3.63, 3.8) is 0 Å². The molecular formula is C26H22FNO7. The maximum atomic E-state index is 13.1. The summed E-state index contributed by atoms with van der Waals surface area (Å²) in [5.41, 5.74) is 4.94. The van der Waals surface area contributed by atoms with Crippen LogP contribution in [0.15, 0.2) is 65.1 Å². The van der Waals surface area contributed by atoms with Gasteiger partial charge in [0.2, 0.25) is 0 Å². The maximum Gasteiger partial charge on any atom is 0.412 e. The number of carbonyl (C=O) groups excluding carboxylic acids is 2. The van der Waals surface area contributed by atoms with E-state index in [2.05, 4.69) is 4.74 Å². The molecule has 0 unspecified atom stereocenters. The van der Waals surface area contributed by atoms with E-state index in [1.807, 2.05) is 0 Å². The van der Waals surface area contributed by atoms with Crippen molar-refractivity contribution in [3.8, 4) is 28.6 Å². The smallest absolute Gasteiger partial charge is 0.412 e. The number of primary amides is 1. The summed E-state index contributed by atoms with van der Waals surface area (Å²) in [4.78, 5) is 24.1. The number of carbonyl (C=O) groups is 2. The van der Waals surface area contributed by atoms with E-state index in [1.54, 1.807) is 44.2 Å².